The van der Waals surface area contributed by atoms with E-state index in [-0.39, 0.29) is 5.91 Å². The van der Waals surface area contributed by atoms with Crippen LogP contribution in [0.2, 0.25) is 5.02 Å². The van der Waals surface area contributed by atoms with Gasteiger partial charge in [0.25, 0.3) is 0 Å². The van der Waals surface area contributed by atoms with Gasteiger partial charge in [0.1, 0.15) is 0 Å². The fraction of sp³-hybridized carbons (Fsp3) is 0.417. The molecule has 86 valence electrons. The molecule has 4 heteroatoms. The van der Waals surface area contributed by atoms with Crippen molar-refractivity contribution in [2.24, 2.45) is 0 Å². The van der Waals surface area contributed by atoms with Crippen LogP contribution in [-0.4, -0.2) is 18.5 Å². The highest BCUT2D eigenvalue weighted by Gasteiger charge is 2.20. The highest BCUT2D eigenvalue weighted by molar-refractivity contribution is 6.31. The third-order valence-electron chi connectivity index (χ3n) is 2.75. The van der Waals surface area contributed by atoms with Crippen LogP contribution in [0.25, 0.3) is 0 Å². The molecule has 1 heterocycles. The van der Waals surface area contributed by atoms with Crippen molar-refractivity contribution in [3.05, 3.63) is 23.2 Å². The van der Waals surface area contributed by atoms with E-state index in [9.17, 15) is 4.79 Å². The average molecular weight is 239 g/mol. The first-order chi connectivity index (χ1) is 7.58. The van der Waals surface area contributed by atoms with Gasteiger partial charge in [-0.05, 0) is 32.0 Å². The lowest BCUT2D eigenvalue weighted by molar-refractivity contribution is -0.115. The van der Waals surface area contributed by atoms with E-state index in [2.05, 4.69) is 24.1 Å². The predicted octanol–water partition coefficient (Wildman–Crippen LogP) is 2.90. The molecule has 0 aliphatic carbocycles. The first-order valence-electron chi connectivity index (χ1n) is 5.44. The topological polar surface area (TPSA) is 32.3 Å². The zero-order valence-electron chi connectivity index (χ0n) is 9.46. The second kappa shape index (κ2) is 4.34. The number of nitrogens with one attached hydrogen (secondary N) is 1. The number of amides is 1. The molecule has 0 atom stereocenters. The van der Waals surface area contributed by atoms with Gasteiger partial charge in [0.2, 0.25) is 5.91 Å². The number of carbonyl (C=O) groups is 1. The maximum atomic E-state index is 11.5. The molecule has 1 aromatic carbocycles. The summed E-state index contributed by atoms with van der Waals surface area (Å²) < 4.78 is 0. The van der Waals surface area contributed by atoms with Crippen molar-refractivity contribution >= 4 is 28.9 Å². The smallest absolute Gasteiger partial charge is 0.226 e. The SMILES string of the molecule is CC(C)N1CCC(=O)Nc2cc(Cl)ccc21. The molecule has 1 N–H and O–H groups in total. The molecule has 0 aromatic heterocycles. The van der Waals surface area contributed by atoms with Crippen molar-refractivity contribution in [2.75, 3.05) is 16.8 Å². The third-order valence-corrected chi connectivity index (χ3v) is 2.98. The van der Waals surface area contributed by atoms with E-state index in [0.717, 1.165) is 17.9 Å². The van der Waals surface area contributed by atoms with Crippen LogP contribution in [0.4, 0.5) is 11.4 Å². The van der Waals surface area contributed by atoms with Crippen LogP contribution >= 0.6 is 11.6 Å². The quantitative estimate of drug-likeness (QED) is 0.816. The van der Waals surface area contributed by atoms with Gasteiger partial charge in [0.15, 0.2) is 0 Å². The number of hydrogen-bond acceptors (Lipinski definition) is 2. The lowest BCUT2D eigenvalue weighted by Gasteiger charge is -2.28. The van der Waals surface area contributed by atoms with Gasteiger partial charge < -0.3 is 10.2 Å². The van der Waals surface area contributed by atoms with E-state index in [1.54, 1.807) is 6.07 Å². The predicted molar refractivity (Wildman–Crippen MR) is 67.2 cm³/mol. The van der Waals surface area contributed by atoms with Crippen LogP contribution in [0.1, 0.15) is 20.3 Å². The summed E-state index contributed by atoms with van der Waals surface area (Å²) in [6, 6.07) is 5.99. The first kappa shape index (κ1) is 11.3. The molecule has 1 amide bonds. The van der Waals surface area contributed by atoms with E-state index >= 15 is 0 Å². The van der Waals surface area contributed by atoms with Gasteiger partial charge in [0, 0.05) is 24.0 Å². The van der Waals surface area contributed by atoms with Gasteiger partial charge in [-0.1, -0.05) is 11.6 Å². The molecular formula is C12H15ClN2O. The number of benzene rings is 1. The summed E-state index contributed by atoms with van der Waals surface area (Å²) >= 11 is 5.94. The second-order valence-corrected chi connectivity index (χ2v) is 4.68. The van der Waals surface area contributed by atoms with Crippen LogP contribution < -0.4 is 10.2 Å². The molecular weight excluding hydrogens is 224 g/mol. The molecule has 0 fully saturated rings. The molecule has 1 aliphatic heterocycles. The van der Waals surface area contributed by atoms with Gasteiger partial charge in [-0.25, -0.2) is 0 Å². The molecule has 1 aliphatic rings. The minimum absolute atomic E-state index is 0.0478. The van der Waals surface area contributed by atoms with Crippen LogP contribution in [0.5, 0.6) is 0 Å². The van der Waals surface area contributed by atoms with Crippen molar-refractivity contribution in [2.45, 2.75) is 26.3 Å². The van der Waals surface area contributed by atoms with Crippen LogP contribution in [0, 0.1) is 0 Å². The Morgan fingerprint density at radius 3 is 2.88 bits per heavy atom. The Bertz CT molecular complexity index is 417. The number of anilines is 2. The zero-order valence-corrected chi connectivity index (χ0v) is 10.2. The lowest BCUT2D eigenvalue weighted by Crippen LogP contribution is -2.31. The average Bonchev–Trinajstić information content (AvgIpc) is 2.35. The maximum absolute atomic E-state index is 11.5. The number of carbonyl (C=O) groups excluding carboxylic acids is 1. The summed E-state index contributed by atoms with van der Waals surface area (Å²) in [7, 11) is 0. The molecule has 2 rings (SSSR count). The molecule has 0 radical (unpaired) electrons. The number of nitrogens with zero attached hydrogens (tertiary/aromatic N) is 1. The molecule has 16 heavy (non-hydrogen) atoms. The summed E-state index contributed by atoms with van der Waals surface area (Å²) in [5, 5.41) is 3.53. The Morgan fingerprint density at radius 1 is 1.44 bits per heavy atom. The van der Waals surface area contributed by atoms with Gasteiger partial charge in [-0.3, -0.25) is 4.79 Å². The van der Waals surface area contributed by atoms with Crippen molar-refractivity contribution < 1.29 is 4.79 Å². The lowest BCUT2D eigenvalue weighted by atomic mass is 10.2. The number of hydrogen-bond donors (Lipinski definition) is 1. The normalized spacial score (nSPS) is 15.8. The van der Waals surface area contributed by atoms with Crippen molar-refractivity contribution in [3.63, 3.8) is 0 Å². The molecule has 3 nitrogen and oxygen atoms in total. The zero-order chi connectivity index (χ0) is 11.7. The van der Waals surface area contributed by atoms with E-state index < -0.39 is 0 Å². The highest BCUT2D eigenvalue weighted by Crippen LogP contribution is 2.32. The fourth-order valence-corrected chi connectivity index (χ4v) is 2.12. The monoisotopic (exact) mass is 238 g/mol. The number of halogens is 1. The van der Waals surface area contributed by atoms with Crippen molar-refractivity contribution in [1.82, 2.24) is 0 Å². The maximum Gasteiger partial charge on any atom is 0.226 e. The second-order valence-electron chi connectivity index (χ2n) is 4.25. The Balaban J connectivity index is 2.46. The van der Waals surface area contributed by atoms with Crippen LogP contribution in [0.15, 0.2) is 18.2 Å². The standard InChI is InChI=1S/C12H15ClN2O/c1-8(2)15-6-5-12(16)14-10-7-9(13)3-4-11(10)15/h3-4,7-8H,5-6H2,1-2H3,(H,14,16). The third kappa shape index (κ3) is 2.14. The summed E-state index contributed by atoms with van der Waals surface area (Å²) in [5.41, 5.74) is 1.86. The summed E-state index contributed by atoms with van der Waals surface area (Å²) in [4.78, 5) is 13.8. The fourth-order valence-electron chi connectivity index (χ4n) is 1.95. The first-order valence-corrected chi connectivity index (χ1v) is 5.82. The van der Waals surface area contributed by atoms with E-state index in [4.69, 9.17) is 11.6 Å². The van der Waals surface area contributed by atoms with E-state index in [0.29, 0.717) is 17.5 Å². The van der Waals surface area contributed by atoms with Gasteiger partial charge in [-0.2, -0.15) is 0 Å². The Hall–Kier alpha value is -1.22. The highest BCUT2D eigenvalue weighted by atomic mass is 35.5. The van der Waals surface area contributed by atoms with E-state index in [1.165, 1.54) is 0 Å². The number of fused-ring (bicyclic) bond motifs is 1. The minimum Gasteiger partial charge on any atom is -0.367 e. The van der Waals surface area contributed by atoms with Crippen LogP contribution in [0.3, 0.4) is 0 Å². The van der Waals surface area contributed by atoms with E-state index in [1.807, 2.05) is 12.1 Å². The summed E-state index contributed by atoms with van der Waals surface area (Å²) in [5.74, 6) is 0.0478. The van der Waals surface area contributed by atoms with Gasteiger partial charge >= 0.3 is 0 Å². The molecule has 0 bridgehead atoms. The van der Waals surface area contributed by atoms with Crippen molar-refractivity contribution in [3.8, 4) is 0 Å². The molecule has 0 spiro atoms. The summed E-state index contributed by atoms with van der Waals surface area (Å²) in [6.45, 7) is 4.99. The molecule has 1 aromatic rings. The van der Waals surface area contributed by atoms with Crippen LogP contribution in [-0.2, 0) is 4.79 Å². The van der Waals surface area contributed by atoms with Gasteiger partial charge in [0.05, 0.1) is 11.4 Å². The largest absolute Gasteiger partial charge is 0.367 e. The summed E-state index contributed by atoms with van der Waals surface area (Å²) in [6.07, 6.45) is 0.518. The Labute approximate surface area is 100 Å². The molecule has 0 unspecified atom stereocenters. The molecule has 0 saturated carbocycles. The van der Waals surface area contributed by atoms with Crippen molar-refractivity contribution in [1.29, 1.82) is 0 Å². The number of rotatable bonds is 1. The minimum atomic E-state index is 0.0478. The Kier molecular flexibility index (Phi) is 3.06. The Morgan fingerprint density at radius 2 is 2.19 bits per heavy atom. The van der Waals surface area contributed by atoms with Gasteiger partial charge in [-0.15, -0.1) is 0 Å². The molecule has 0 saturated heterocycles.